The first-order valence-corrected chi connectivity index (χ1v) is 9.55. The summed E-state index contributed by atoms with van der Waals surface area (Å²) < 4.78 is 35.8. The molecule has 0 saturated carbocycles. The van der Waals surface area contributed by atoms with Crippen LogP contribution in [-0.4, -0.2) is 24.2 Å². The number of ether oxygens (including phenoxy) is 2. The van der Waals surface area contributed by atoms with Gasteiger partial charge in [0.15, 0.2) is 5.82 Å². The lowest BCUT2D eigenvalue weighted by Crippen LogP contribution is -2.16. The van der Waals surface area contributed by atoms with Crippen LogP contribution in [0.2, 0.25) is 0 Å². The highest BCUT2D eigenvalue weighted by Crippen LogP contribution is 2.28. The minimum absolute atomic E-state index is 0.0416. The van der Waals surface area contributed by atoms with Gasteiger partial charge in [0.2, 0.25) is 11.8 Å². The molecule has 0 aliphatic carbocycles. The minimum Gasteiger partial charge on any atom is -0.481 e. The Kier molecular flexibility index (Phi) is 11.3. The Morgan fingerprint density at radius 3 is 1.93 bits per heavy atom. The molecule has 0 atom stereocenters. The summed E-state index contributed by atoms with van der Waals surface area (Å²) in [6, 6.07) is 2.95. The topological polar surface area (TPSA) is 44.2 Å². The standard InChI is InChI=1S/C11H16FNO.C9H12FNO.C2H6/c1-5-11(2,3)8-6-9(12)10(14-4)13-7-8;1-6(2)8-4-7(10)5-11-9(8)12-3;1-2/h6-7H,5H2,1-4H3;4-6H,1-3H3;1-2H3. The molecule has 158 valence electrons. The van der Waals surface area contributed by atoms with Crippen LogP contribution in [0.4, 0.5) is 8.78 Å². The summed E-state index contributed by atoms with van der Waals surface area (Å²) in [5, 5.41) is 0. The molecule has 6 heteroatoms. The Labute approximate surface area is 168 Å². The summed E-state index contributed by atoms with van der Waals surface area (Å²) in [5.41, 5.74) is 1.66. The highest BCUT2D eigenvalue weighted by molar-refractivity contribution is 5.29. The Morgan fingerprint density at radius 1 is 0.964 bits per heavy atom. The maximum atomic E-state index is 13.3. The van der Waals surface area contributed by atoms with Crippen LogP contribution in [0.15, 0.2) is 24.5 Å². The van der Waals surface area contributed by atoms with Crippen molar-refractivity contribution < 1.29 is 18.3 Å². The third kappa shape index (κ3) is 7.41. The van der Waals surface area contributed by atoms with Crippen molar-refractivity contribution in [2.24, 2.45) is 0 Å². The monoisotopic (exact) mass is 396 g/mol. The van der Waals surface area contributed by atoms with Crippen LogP contribution in [0.25, 0.3) is 0 Å². The molecule has 2 aromatic heterocycles. The van der Waals surface area contributed by atoms with Crippen molar-refractivity contribution in [2.45, 2.75) is 66.2 Å². The van der Waals surface area contributed by atoms with E-state index in [-0.39, 0.29) is 23.0 Å². The van der Waals surface area contributed by atoms with Crippen LogP contribution in [0.3, 0.4) is 0 Å². The first-order chi connectivity index (χ1) is 13.2. The van der Waals surface area contributed by atoms with E-state index in [9.17, 15) is 8.78 Å². The van der Waals surface area contributed by atoms with Crippen molar-refractivity contribution in [3.63, 3.8) is 0 Å². The Hall–Kier alpha value is -2.24. The maximum Gasteiger partial charge on any atom is 0.250 e. The summed E-state index contributed by atoms with van der Waals surface area (Å²) in [4.78, 5) is 7.73. The minimum atomic E-state index is -0.397. The average molecular weight is 397 g/mol. The lowest BCUT2D eigenvalue weighted by molar-refractivity contribution is 0.366. The molecule has 4 nitrogen and oxygen atoms in total. The number of aromatic nitrogens is 2. The van der Waals surface area contributed by atoms with Gasteiger partial charge in [0.1, 0.15) is 5.82 Å². The van der Waals surface area contributed by atoms with E-state index in [0.29, 0.717) is 5.88 Å². The van der Waals surface area contributed by atoms with E-state index in [1.165, 1.54) is 26.4 Å². The molecule has 28 heavy (non-hydrogen) atoms. The second kappa shape index (κ2) is 12.3. The normalized spacial score (nSPS) is 10.4. The van der Waals surface area contributed by atoms with Crippen LogP contribution in [-0.2, 0) is 5.41 Å². The van der Waals surface area contributed by atoms with Crippen molar-refractivity contribution >= 4 is 0 Å². The first kappa shape index (κ1) is 25.8. The molecule has 0 saturated heterocycles. The van der Waals surface area contributed by atoms with E-state index in [2.05, 4.69) is 30.7 Å². The van der Waals surface area contributed by atoms with Crippen LogP contribution >= 0.6 is 0 Å². The number of nitrogens with zero attached hydrogens (tertiary/aromatic N) is 2. The molecule has 2 aromatic rings. The van der Waals surface area contributed by atoms with E-state index >= 15 is 0 Å². The summed E-state index contributed by atoms with van der Waals surface area (Å²) in [6.07, 6.45) is 3.77. The van der Waals surface area contributed by atoms with Crippen LogP contribution in [0.5, 0.6) is 11.8 Å². The zero-order valence-corrected chi connectivity index (χ0v) is 18.6. The van der Waals surface area contributed by atoms with E-state index in [1.807, 2.05) is 27.7 Å². The van der Waals surface area contributed by atoms with E-state index in [0.717, 1.165) is 23.7 Å². The fourth-order valence-electron chi connectivity index (χ4n) is 2.18. The molecule has 0 unspecified atom stereocenters. The number of hydrogen-bond donors (Lipinski definition) is 0. The molecule has 0 spiro atoms. The first-order valence-electron chi connectivity index (χ1n) is 9.55. The van der Waals surface area contributed by atoms with Crippen LogP contribution in [0.1, 0.15) is 71.9 Å². The van der Waals surface area contributed by atoms with Gasteiger partial charge in [-0.05, 0) is 35.4 Å². The molecule has 0 amide bonds. The fraction of sp³-hybridized carbons (Fsp3) is 0.545. The molecule has 0 radical (unpaired) electrons. The van der Waals surface area contributed by atoms with Gasteiger partial charge in [0, 0.05) is 11.8 Å². The fourth-order valence-corrected chi connectivity index (χ4v) is 2.18. The third-order valence-corrected chi connectivity index (χ3v) is 4.33. The molecule has 0 aromatic carbocycles. The number of methoxy groups -OCH3 is 2. The summed E-state index contributed by atoms with van der Waals surface area (Å²) in [7, 11) is 2.95. The molecular formula is C22H34F2N2O2. The highest BCUT2D eigenvalue weighted by atomic mass is 19.1. The lowest BCUT2D eigenvalue weighted by Gasteiger charge is -2.22. The molecule has 2 heterocycles. The van der Waals surface area contributed by atoms with Gasteiger partial charge in [-0.15, -0.1) is 0 Å². The van der Waals surface area contributed by atoms with Gasteiger partial charge in [-0.1, -0.05) is 48.5 Å². The SMILES string of the molecule is CC.CCC(C)(C)c1cnc(OC)c(F)c1.COc1ncc(F)cc1C(C)C. The van der Waals surface area contributed by atoms with E-state index in [4.69, 9.17) is 9.47 Å². The predicted octanol–water partition coefficient (Wildman–Crippen LogP) is 6.30. The van der Waals surface area contributed by atoms with Crippen molar-refractivity contribution in [1.29, 1.82) is 0 Å². The lowest BCUT2D eigenvalue weighted by atomic mass is 9.83. The van der Waals surface area contributed by atoms with Crippen molar-refractivity contribution in [1.82, 2.24) is 9.97 Å². The van der Waals surface area contributed by atoms with Gasteiger partial charge in [0.05, 0.1) is 20.4 Å². The van der Waals surface area contributed by atoms with Crippen molar-refractivity contribution in [2.75, 3.05) is 14.2 Å². The molecule has 0 N–H and O–H groups in total. The van der Waals surface area contributed by atoms with Gasteiger partial charge in [-0.3, -0.25) is 0 Å². The number of hydrogen-bond acceptors (Lipinski definition) is 4. The van der Waals surface area contributed by atoms with E-state index < -0.39 is 5.82 Å². The zero-order chi connectivity index (χ0) is 21.9. The molecule has 0 aliphatic rings. The maximum absolute atomic E-state index is 13.3. The number of pyridine rings is 2. The van der Waals surface area contributed by atoms with E-state index in [1.54, 1.807) is 6.20 Å². The van der Waals surface area contributed by atoms with Crippen LogP contribution < -0.4 is 9.47 Å². The predicted molar refractivity (Wildman–Crippen MR) is 110 cm³/mol. The van der Waals surface area contributed by atoms with Crippen molar-refractivity contribution in [3.05, 3.63) is 47.3 Å². The zero-order valence-electron chi connectivity index (χ0n) is 18.6. The van der Waals surface area contributed by atoms with Crippen molar-refractivity contribution in [3.8, 4) is 11.8 Å². The average Bonchev–Trinajstić information content (AvgIpc) is 2.69. The van der Waals surface area contributed by atoms with Gasteiger partial charge in [-0.2, -0.15) is 0 Å². The molecule has 0 bridgehead atoms. The number of rotatable bonds is 5. The summed E-state index contributed by atoms with van der Waals surface area (Å²) >= 11 is 0. The summed E-state index contributed by atoms with van der Waals surface area (Å²) in [5.74, 6) is 0.0706. The Balaban J connectivity index is 0.000000483. The highest BCUT2D eigenvalue weighted by Gasteiger charge is 2.20. The Bertz CT molecular complexity index is 720. The summed E-state index contributed by atoms with van der Waals surface area (Å²) in [6.45, 7) is 14.1. The third-order valence-electron chi connectivity index (χ3n) is 4.33. The smallest absolute Gasteiger partial charge is 0.250 e. The van der Waals surface area contributed by atoms with Crippen LogP contribution in [0, 0.1) is 11.6 Å². The molecule has 2 rings (SSSR count). The van der Waals surface area contributed by atoms with Gasteiger partial charge >= 0.3 is 0 Å². The quantitative estimate of drug-likeness (QED) is 0.595. The number of halogens is 2. The second-order valence-corrected chi connectivity index (χ2v) is 6.86. The van der Waals surface area contributed by atoms with Gasteiger partial charge in [-0.25, -0.2) is 18.7 Å². The second-order valence-electron chi connectivity index (χ2n) is 6.86. The molecular weight excluding hydrogens is 362 g/mol. The van der Waals surface area contributed by atoms with Gasteiger partial charge in [0.25, 0.3) is 0 Å². The molecule has 0 aliphatic heterocycles. The van der Waals surface area contributed by atoms with Gasteiger partial charge < -0.3 is 9.47 Å². The largest absolute Gasteiger partial charge is 0.481 e. The Morgan fingerprint density at radius 2 is 1.50 bits per heavy atom. The molecule has 0 fully saturated rings.